The summed E-state index contributed by atoms with van der Waals surface area (Å²) in [5.74, 6) is 1.63. The van der Waals surface area contributed by atoms with Crippen molar-refractivity contribution >= 4 is 5.91 Å². The van der Waals surface area contributed by atoms with E-state index in [1.165, 1.54) is 0 Å². The minimum absolute atomic E-state index is 0.00623. The van der Waals surface area contributed by atoms with Gasteiger partial charge in [-0.15, -0.1) is 0 Å². The fraction of sp³-hybridized carbons (Fsp3) is 0.500. The van der Waals surface area contributed by atoms with Crippen LogP contribution in [0.2, 0.25) is 0 Å². The molecule has 0 unspecified atom stereocenters. The van der Waals surface area contributed by atoms with Gasteiger partial charge in [-0.1, -0.05) is 5.16 Å². The van der Waals surface area contributed by atoms with Crippen LogP contribution in [0, 0.1) is 20.8 Å². The molecular formula is C16H20N4O2. The van der Waals surface area contributed by atoms with Gasteiger partial charge in [-0.3, -0.25) is 4.79 Å². The molecule has 1 atom stereocenters. The van der Waals surface area contributed by atoms with Gasteiger partial charge in [-0.25, -0.2) is 9.97 Å². The second kappa shape index (κ2) is 5.87. The summed E-state index contributed by atoms with van der Waals surface area (Å²) in [6.45, 7) is 6.92. The van der Waals surface area contributed by atoms with Crippen molar-refractivity contribution in [1.29, 1.82) is 0 Å². The summed E-state index contributed by atoms with van der Waals surface area (Å²) in [5.41, 5.74) is 2.27. The molecule has 22 heavy (non-hydrogen) atoms. The predicted octanol–water partition coefficient (Wildman–Crippen LogP) is 2.41. The van der Waals surface area contributed by atoms with Crippen LogP contribution in [0.1, 0.15) is 52.1 Å². The molecule has 0 N–H and O–H groups in total. The monoisotopic (exact) mass is 300 g/mol. The highest BCUT2D eigenvalue weighted by molar-refractivity contribution is 5.96. The predicted molar refractivity (Wildman–Crippen MR) is 80.6 cm³/mol. The highest BCUT2D eigenvalue weighted by Gasteiger charge is 2.29. The van der Waals surface area contributed by atoms with Gasteiger partial charge < -0.3 is 9.42 Å². The van der Waals surface area contributed by atoms with E-state index in [1.54, 1.807) is 20.0 Å². The average molecular weight is 300 g/mol. The Labute approximate surface area is 129 Å². The highest BCUT2D eigenvalue weighted by atomic mass is 16.5. The van der Waals surface area contributed by atoms with Gasteiger partial charge in [0.2, 0.25) is 0 Å². The number of nitrogens with zero attached hydrogens (tertiary/aromatic N) is 4. The van der Waals surface area contributed by atoms with Gasteiger partial charge in [0.05, 0.1) is 5.69 Å². The molecule has 0 bridgehead atoms. The average Bonchev–Trinajstić information content (AvgIpc) is 2.86. The molecule has 2 aromatic heterocycles. The maximum Gasteiger partial charge on any atom is 0.259 e. The number of carbonyl (C=O) groups is 1. The third-order valence-corrected chi connectivity index (χ3v) is 4.17. The van der Waals surface area contributed by atoms with E-state index in [0.717, 1.165) is 30.9 Å². The largest absolute Gasteiger partial charge is 0.361 e. The smallest absolute Gasteiger partial charge is 0.259 e. The number of hydrogen-bond acceptors (Lipinski definition) is 5. The Balaban J connectivity index is 1.80. The molecule has 0 aliphatic carbocycles. The minimum atomic E-state index is 0.00623. The molecule has 1 saturated heterocycles. The van der Waals surface area contributed by atoms with Crippen molar-refractivity contribution in [3.63, 3.8) is 0 Å². The Kier molecular flexibility index (Phi) is 3.92. The van der Waals surface area contributed by atoms with Gasteiger partial charge >= 0.3 is 0 Å². The Morgan fingerprint density at radius 3 is 2.86 bits per heavy atom. The number of hydrogen-bond donors (Lipinski definition) is 0. The second-order valence-electron chi connectivity index (χ2n) is 5.82. The molecule has 1 aliphatic heterocycles. The van der Waals surface area contributed by atoms with Crippen molar-refractivity contribution in [2.24, 2.45) is 0 Å². The highest BCUT2D eigenvalue weighted by Crippen LogP contribution is 2.27. The molecule has 1 aliphatic rings. The van der Waals surface area contributed by atoms with Gasteiger partial charge in [-0.05, 0) is 39.7 Å². The fourth-order valence-corrected chi connectivity index (χ4v) is 3.05. The Morgan fingerprint density at radius 2 is 2.18 bits per heavy atom. The lowest BCUT2D eigenvalue weighted by molar-refractivity contribution is 0.0703. The van der Waals surface area contributed by atoms with Crippen molar-refractivity contribution in [2.75, 3.05) is 13.1 Å². The van der Waals surface area contributed by atoms with Crippen LogP contribution in [0.3, 0.4) is 0 Å². The summed E-state index contributed by atoms with van der Waals surface area (Å²) >= 11 is 0. The number of aromatic nitrogens is 3. The van der Waals surface area contributed by atoms with Crippen LogP contribution in [0.15, 0.2) is 16.8 Å². The first-order valence-electron chi connectivity index (χ1n) is 7.58. The second-order valence-corrected chi connectivity index (χ2v) is 5.82. The van der Waals surface area contributed by atoms with Crippen molar-refractivity contribution in [2.45, 2.75) is 39.5 Å². The van der Waals surface area contributed by atoms with E-state index in [1.807, 2.05) is 17.9 Å². The normalized spacial score (nSPS) is 18.5. The Morgan fingerprint density at radius 1 is 1.36 bits per heavy atom. The quantitative estimate of drug-likeness (QED) is 0.851. The van der Waals surface area contributed by atoms with Crippen LogP contribution in [-0.2, 0) is 0 Å². The van der Waals surface area contributed by atoms with E-state index < -0.39 is 0 Å². The summed E-state index contributed by atoms with van der Waals surface area (Å²) in [6.07, 6.45) is 3.80. The summed E-state index contributed by atoms with van der Waals surface area (Å²) in [4.78, 5) is 23.3. The molecule has 3 heterocycles. The Bertz CT molecular complexity index is 676. The van der Waals surface area contributed by atoms with E-state index in [4.69, 9.17) is 4.52 Å². The zero-order valence-corrected chi connectivity index (χ0v) is 13.2. The number of piperidine rings is 1. The van der Waals surface area contributed by atoms with E-state index in [0.29, 0.717) is 23.6 Å². The first kappa shape index (κ1) is 14.7. The lowest BCUT2D eigenvalue weighted by Crippen LogP contribution is -2.39. The first-order valence-corrected chi connectivity index (χ1v) is 7.58. The standard InChI is InChI=1S/C16H20N4O2/c1-10-15(11(2)22-19-10)16(21)20-8-4-5-13(9-20)14-6-7-17-12(3)18-14/h6-7,13H,4-5,8-9H2,1-3H3/t13-/m0/s1. The van der Waals surface area contributed by atoms with E-state index in [-0.39, 0.29) is 11.8 Å². The van der Waals surface area contributed by atoms with Gasteiger partial charge in [0.25, 0.3) is 5.91 Å². The molecule has 0 aromatic carbocycles. The summed E-state index contributed by atoms with van der Waals surface area (Å²) < 4.78 is 5.12. The summed E-state index contributed by atoms with van der Waals surface area (Å²) in [7, 11) is 0. The SMILES string of the molecule is Cc1nccc([C@H]2CCCN(C(=O)c3c(C)noc3C)C2)n1. The summed E-state index contributed by atoms with van der Waals surface area (Å²) in [6, 6.07) is 1.95. The van der Waals surface area contributed by atoms with Gasteiger partial charge in [-0.2, -0.15) is 0 Å². The number of likely N-dealkylation sites (tertiary alicyclic amines) is 1. The van der Waals surface area contributed by atoms with Gasteiger partial charge in [0.15, 0.2) is 0 Å². The van der Waals surface area contributed by atoms with Crippen LogP contribution in [-0.4, -0.2) is 39.0 Å². The third-order valence-electron chi connectivity index (χ3n) is 4.17. The van der Waals surface area contributed by atoms with E-state index in [2.05, 4.69) is 15.1 Å². The third kappa shape index (κ3) is 2.73. The van der Waals surface area contributed by atoms with E-state index in [9.17, 15) is 4.79 Å². The van der Waals surface area contributed by atoms with Crippen LogP contribution in [0.25, 0.3) is 0 Å². The molecule has 6 heteroatoms. The molecular weight excluding hydrogens is 280 g/mol. The first-order chi connectivity index (χ1) is 10.6. The molecule has 1 amide bonds. The van der Waals surface area contributed by atoms with Crippen molar-refractivity contribution in [3.8, 4) is 0 Å². The zero-order chi connectivity index (χ0) is 15.7. The van der Waals surface area contributed by atoms with Gasteiger partial charge in [0.1, 0.15) is 17.1 Å². The minimum Gasteiger partial charge on any atom is -0.361 e. The lowest BCUT2D eigenvalue weighted by atomic mass is 9.94. The van der Waals surface area contributed by atoms with Crippen LogP contribution in [0.5, 0.6) is 0 Å². The van der Waals surface area contributed by atoms with Crippen molar-refractivity contribution < 1.29 is 9.32 Å². The van der Waals surface area contributed by atoms with Crippen molar-refractivity contribution in [1.82, 2.24) is 20.0 Å². The number of carbonyl (C=O) groups excluding carboxylic acids is 1. The van der Waals surface area contributed by atoms with Gasteiger partial charge in [0, 0.05) is 30.9 Å². The molecule has 2 aromatic rings. The number of amides is 1. The molecule has 3 rings (SSSR count). The zero-order valence-electron chi connectivity index (χ0n) is 13.2. The topological polar surface area (TPSA) is 72.1 Å². The molecule has 1 fully saturated rings. The molecule has 0 saturated carbocycles. The number of aryl methyl sites for hydroxylation is 3. The maximum atomic E-state index is 12.7. The van der Waals surface area contributed by atoms with Crippen LogP contribution >= 0.6 is 0 Å². The Hall–Kier alpha value is -2.24. The molecule has 6 nitrogen and oxygen atoms in total. The van der Waals surface area contributed by atoms with Crippen LogP contribution in [0.4, 0.5) is 0 Å². The lowest BCUT2D eigenvalue weighted by Gasteiger charge is -2.32. The molecule has 0 spiro atoms. The fourth-order valence-electron chi connectivity index (χ4n) is 3.05. The van der Waals surface area contributed by atoms with E-state index >= 15 is 0 Å². The van der Waals surface area contributed by atoms with Crippen molar-refractivity contribution in [3.05, 3.63) is 40.8 Å². The maximum absolute atomic E-state index is 12.7. The number of rotatable bonds is 2. The van der Waals surface area contributed by atoms with Crippen LogP contribution < -0.4 is 0 Å². The molecule has 116 valence electrons. The summed E-state index contributed by atoms with van der Waals surface area (Å²) in [5, 5.41) is 3.88. The molecule has 0 radical (unpaired) electrons.